The fourth-order valence-corrected chi connectivity index (χ4v) is 6.09. The minimum absolute atomic E-state index is 0.00680. The molecule has 0 spiro atoms. The molecular formula is C25H28FN2O5S-. The van der Waals surface area contributed by atoms with Crippen molar-refractivity contribution < 1.29 is 27.8 Å². The van der Waals surface area contributed by atoms with Crippen LogP contribution in [0, 0.1) is 17.7 Å². The first-order valence-corrected chi connectivity index (χ1v) is 12.8. The molecule has 1 saturated carbocycles. The van der Waals surface area contributed by atoms with Gasteiger partial charge in [0.05, 0.1) is 29.2 Å². The van der Waals surface area contributed by atoms with Crippen LogP contribution in [-0.2, 0) is 17.7 Å². The standard InChI is InChI=1S/C25H29FN2O5S/c1-2-27-9-7-15(8-10-27)11-16-12-18(26)3-5-21(16)28(34(31)32)22-6-4-19-20-13-17(20)14-33-24(19)23(22)25(29)30/h3-6,12,15,17,20H,2,7-11,13-14H2,1H3,(H,29,30)(H,31,32)/p-1. The zero-order valence-corrected chi connectivity index (χ0v) is 19.9. The average Bonchev–Trinajstić information content (AvgIpc) is 3.61. The van der Waals surface area contributed by atoms with Gasteiger partial charge in [-0.05, 0) is 92.5 Å². The highest BCUT2D eigenvalue weighted by Gasteiger charge is 2.45. The predicted molar refractivity (Wildman–Crippen MR) is 126 cm³/mol. The number of piperidine rings is 1. The third kappa shape index (κ3) is 4.32. The lowest BCUT2D eigenvalue weighted by Crippen LogP contribution is -2.34. The summed E-state index contributed by atoms with van der Waals surface area (Å²) in [6, 6.07) is 7.30. The summed E-state index contributed by atoms with van der Waals surface area (Å²) < 4.78 is 46.1. The molecule has 5 rings (SSSR count). The number of benzene rings is 2. The molecule has 0 bridgehead atoms. The number of carbonyl (C=O) groups is 1. The largest absolute Gasteiger partial charge is 0.755 e. The van der Waals surface area contributed by atoms with Crippen LogP contribution in [0.5, 0.6) is 5.75 Å². The number of carboxylic acids is 1. The maximum absolute atomic E-state index is 14.3. The summed E-state index contributed by atoms with van der Waals surface area (Å²) in [5.74, 6) is -0.506. The summed E-state index contributed by atoms with van der Waals surface area (Å²) in [6.45, 7) is 5.45. The number of aromatic carboxylic acids is 1. The number of rotatable bonds is 7. The van der Waals surface area contributed by atoms with Crippen molar-refractivity contribution in [2.75, 3.05) is 30.5 Å². The SMILES string of the molecule is CCN1CCC(Cc2cc(F)ccc2N(c2ccc3c(c2C(=O)O)OCC2CC32)S(=O)[O-])CC1. The van der Waals surface area contributed by atoms with Gasteiger partial charge in [-0.1, -0.05) is 13.0 Å². The number of fused-ring (bicyclic) bond motifs is 3. The summed E-state index contributed by atoms with van der Waals surface area (Å²) in [5.41, 5.74) is 1.48. The summed E-state index contributed by atoms with van der Waals surface area (Å²) in [7, 11) is 0. The Kier molecular flexibility index (Phi) is 6.35. The Balaban J connectivity index is 1.55. The molecule has 2 aromatic carbocycles. The van der Waals surface area contributed by atoms with E-state index in [0.29, 0.717) is 30.4 Å². The lowest BCUT2D eigenvalue weighted by Gasteiger charge is -2.34. The number of likely N-dealkylation sites (tertiary alicyclic amines) is 1. The number of nitrogens with zero attached hydrogens (tertiary/aromatic N) is 2. The van der Waals surface area contributed by atoms with E-state index in [-0.39, 0.29) is 28.6 Å². The molecule has 1 N–H and O–H groups in total. The van der Waals surface area contributed by atoms with Crippen LogP contribution in [0.3, 0.4) is 0 Å². The van der Waals surface area contributed by atoms with Crippen molar-refractivity contribution in [3.63, 3.8) is 0 Å². The third-order valence-electron chi connectivity index (χ3n) is 7.43. The van der Waals surface area contributed by atoms with Gasteiger partial charge < -0.3 is 19.3 Å². The topological polar surface area (TPSA) is 93.1 Å². The monoisotopic (exact) mass is 487 g/mol. The Labute approximate surface area is 200 Å². The van der Waals surface area contributed by atoms with Gasteiger partial charge >= 0.3 is 5.97 Å². The summed E-state index contributed by atoms with van der Waals surface area (Å²) in [4.78, 5) is 14.7. The molecule has 0 aromatic heterocycles. The molecule has 2 heterocycles. The molecule has 0 radical (unpaired) electrons. The first-order chi connectivity index (χ1) is 16.4. The van der Waals surface area contributed by atoms with Crippen LogP contribution < -0.4 is 9.04 Å². The van der Waals surface area contributed by atoms with E-state index < -0.39 is 23.1 Å². The highest BCUT2D eigenvalue weighted by atomic mass is 32.2. The molecule has 3 aliphatic rings. The average molecular weight is 488 g/mol. The van der Waals surface area contributed by atoms with E-state index >= 15 is 0 Å². The van der Waals surface area contributed by atoms with Crippen molar-refractivity contribution in [3.8, 4) is 5.75 Å². The van der Waals surface area contributed by atoms with Gasteiger partial charge in [0.25, 0.3) is 0 Å². The molecule has 2 aromatic rings. The normalized spacial score (nSPS) is 22.9. The van der Waals surface area contributed by atoms with Gasteiger partial charge in [-0.25, -0.2) is 9.18 Å². The van der Waals surface area contributed by atoms with Crippen molar-refractivity contribution >= 4 is 28.6 Å². The number of carboxylic acid groups (broad SMARTS) is 1. The number of anilines is 2. The van der Waals surface area contributed by atoms with E-state index in [1.165, 1.54) is 24.3 Å². The van der Waals surface area contributed by atoms with E-state index in [1.807, 2.05) is 0 Å². The molecule has 1 aliphatic carbocycles. The van der Waals surface area contributed by atoms with Crippen LogP contribution >= 0.6 is 0 Å². The van der Waals surface area contributed by atoms with E-state index in [4.69, 9.17) is 4.74 Å². The number of hydrogen-bond donors (Lipinski definition) is 1. The van der Waals surface area contributed by atoms with E-state index in [9.17, 15) is 23.1 Å². The fourth-order valence-electron chi connectivity index (χ4n) is 5.44. The minimum atomic E-state index is -2.83. The number of ether oxygens (including phenoxy) is 1. The Morgan fingerprint density at radius 1 is 1.26 bits per heavy atom. The lowest BCUT2D eigenvalue weighted by molar-refractivity contribution is 0.0692. The number of halogens is 1. The second-order valence-corrected chi connectivity index (χ2v) is 10.3. The fraction of sp³-hybridized carbons (Fsp3) is 0.480. The predicted octanol–water partition coefficient (Wildman–Crippen LogP) is 4.23. The van der Waals surface area contributed by atoms with Crippen LogP contribution in [0.2, 0.25) is 0 Å². The van der Waals surface area contributed by atoms with E-state index in [0.717, 1.165) is 48.8 Å². The summed E-state index contributed by atoms with van der Waals surface area (Å²) >= 11 is -2.83. The van der Waals surface area contributed by atoms with E-state index in [2.05, 4.69) is 11.8 Å². The van der Waals surface area contributed by atoms with Gasteiger partial charge in [-0.15, -0.1) is 0 Å². The second kappa shape index (κ2) is 9.28. The Morgan fingerprint density at radius 3 is 2.68 bits per heavy atom. The zero-order chi connectivity index (χ0) is 24.0. The zero-order valence-electron chi connectivity index (χ0n) is 19.0. The Morgan fingerprint density at radius 2 is 2.00 bits per heavy atom. The van der Waals surface area contributed by atoms with E-state index in [1.54, 1.807) is 6.07 Å². The quantitative estimate of drug-likeness (QED) is 0.588. The number of hydrogen-bond acceptors (Lipinski definition) is 5. The van der Waals surface area contributed by atoms with Crippen molar-refractivity contribution in [3.05, 3.63) is 52.8 Å². The third-order valence-corrected chi connectivity index (χ3v) is 8.13. The van der Waals surface area contributed by atoms with Crippen LogP contribution in [0.15, 0.2) is 30.3 Å². The van der Waals surface area contributed by atoms with Crippen LogP contribution in [0.25, 0.3) is 0 Å². The first kappa shape index (κ1) is 23.3. The maximum atomic E-state index is 14.3. The maximum Gasteiger partial charge on any atom is 0.341 e. The van der Waals surface area contributed by atoms with Gasteiger partial charge in [0, 0.05) is 5.92 Å². The molecule has 3 atom stereocenters. The van der Waals surface area contributed by atoms with Crippen molar-refractivity contribution in [2.45, 2.75) is 38.5 Å². The van der Waals surface area contributed by atoms with Crippen molar-refractivity contribution in [1.82, 2.24) is 4.90 Å². The molecule has 2 fully saturated rings. The summed E-state index contributed by atoms with van der Waals surface area (Å²) in [6.07, 6.45) is 3.35. The van der Waals surface area contributed by atoms with Crippen molar-refractivity contribution in [2.24, 2.45) is 11.8 Å². The molecule has 2 aliphatic heterocycles. The summed E-state index contributed by atoms with van der Waals surface area (Å²) in [5, 5.41) is 10.0. The molecule has 3 unspecified atom stereocenters. The highest BCUT2D eigenvalue weighted by Crippen LogP contribution is 2.56. The molecule has 0 amide bonds. The molecule has 182 valence electrons. The first-order valence-electron chi connectivity index (χ1n) is 11.8. The van der Waals surface area contributed by atoms with Gasteiger partial charge in [-0.3, -0.25) is 8.51 Å². The minimum Gasteiger partial charge on any atom is -0.755 e. The van der Waals surface area contributed by atoms with Crippen LogP contribution in [0.1, 0.15) is 53.6 Å². The molecule has 7 nitrogen and oxygen atoms in total. The molecular weight excluding hydrogens is 459 g/mol. The highest BCUT2D eigenvalue weighted by molar-refractivity contribution is 7.81. The van der Waals surface area contributed by atoms with Crippen molar-refractivity contribution in [1.29, 1.82) is 0 Å². The van der Waals surface area contributed by atoms with Gasteiger partial charge in [-0.2, -0.15) is 0 Å². The van der Waals surface area contributed by atoms with Gasteiger partial charge in [0.2, 0.25) is 0 Å². The van der Waals surface area contributed by atoms with Crippen LogP contribution in [0.4, 0.5) is 15.8 Å². The van der Waals surface area contributed by atoms with Gasteiger partial charge in [0.1, 0.15) is 17.1 Å². The lowest BCUT2D eigenvalue weighted by atomic mass is 9.89. The molecule has 34 heavy (non-hydrogen) atoms. The van der Waals surface area contributed by atoms with Gasteiger partial charge in [0.15, 0.2) is 0 Å². The molecule has 1 saturated heterocycles. The Hall–Kier alpha value is -2.49. The molecule has 9 heteroatoms. The Bertz CT molecular complexity index is 1130. The van der Waals surface area contributed by atoms with Crippen LogP contribution in [-0.4, -0.2) is 51.0 Å². The second-order valence-electron chi connectivity index (χ2n) is 9.46. The smallest absolute Gasteiger partial charge is 0.341 e.